The molecule has 2 atom stereocenters. The number of rotatable bonds is 3. The summed E-state index contributed by atoms with van der Waals surface area (Å²) in [5, 5.41) is 6.51. The minimum atomic E-state index is -0.0461. The molecule has 5 aliphatic rings. The third-order valence-corrected chi connectivity index (χ3v) is 6.38. The zero-order valence-corrected chi connectivity index (χ0v) is 14.5. The van der Waals surface area contributed by atoms with Crippen molar-refractivity contribution in [1.82, 2.24) is 20.7 Å². The molecule has 2 unspecified atom stereocenters. The molecule has 1 aliphatic carbocycles. The number of halogens is 2. The van der Waals surface area contributed by atoms with E-state index in [0.29, 0.717) is 41.5 Å². The highest BCUT2D eigenvalue weighted by atomic mass is 35.5. The lowest BCUT2D eigenvalue weighted by Gasteiger charge is -2.45. The van der Waals surface area contributed by atoms with Crippen LogP contribution in [0.25, 0.3) is 0 Å². The van der Waals surface area contributed by atoms with Crippen molar-refractivity contribution in [3.05, 3.63) is 21.8 Å². The summed E-state index contributed by atoms with van der Waals surface area (Å²) in [6, 6.07) is 0.322. The van der Waals surface area contributed by atoms with E-state index in [1.165, 1.54) is 25.9 Å². The summed E-state index contributed by atoms with van der Waals surface area (Å²) in [6.07, 6.45) is 5.10. The lowest BCUT2D eigenvalue weighted by atomic mass is 9.84. The SMILES string of the molecule is O=C(NC1CN2CCC1CC2)C1CNN(C2=CCC(Cl)=C2Cl)C1. The first kappa shape index (κ1) is 15.8. The van der Waals surface area contributed by atoms with Crippen LogP contribution in [0, 0.1) is 11.8 Å². The Labute approximate surface area is 146 Å². The first-order valence-electron chi connectivity index (χ1n) is 8.40. The van der Waals surface area contributed by atoms with Gasteiger partial charge < -0.3 is 15.2 Å². The Bertz CT molecular complexity index is 568. The van der Waals surface area contributed by atoms with Crippen molar-refractivity contribution in [2.75, 3.05) is 32.7 Å². The number of carbonyl (C=O) groups excluding carboxylic acids is 1. The first-order chi connectivity index (χ1) is 11.1. The zero-order valence-electron chi connectivity index (χ0n) is 13.0. The lowest BCUT2D eigenvalue weighted by molar-refractivity contribution is -0.126. The molecule has 4 heterocycles. The van der Waals surface area contributed by atoms with Crippen molar-refractivity contribution in [2.45, 2.75) is 25.3 Å². The van der Waals surface area contributed by atoms with Crippen LogP contribution in [0.5, 0.6) is 0 Å². The van der Waals surface area contributed by atoms with Gasteiger partial charge in [0.25, 0.3) is 0 Å². The van der Waals surface area contributed by atoms with E-state index in [-0.39, 0.29) is 11.8 Å². The molecule has 126 valence electrons. The van der Waals surface area contributed by atoms with Crippen LogP contribution < -0.4 is 10.7 Å². The van der Waals surface area contributed by atoms with Gasteiger partial charge in [0.1, 0.15) is 0 Å². The fourth-order valence-corrected chi connectivity index (χ4v) is 4.52. The van der Waals surface area contributed by atoms with Crippen LogP contribution in [0.4, 0.5) is 0 Å². The molecule has 0 aromatic heterocycles. The highest BCUT2D eigenvalue weighted by Crippen LogP contribution is 2.34. The van der Waals surface area contributed by atoms with Gasteiger partial charge in [0.15, 0.2) is 0 Å². The molecule has 0 saturated carbocycles. The zero-order chi connectivity index (χ0) is 16.0. The van der Waals surface area contributed by atoms with Crippen molar-refractivity contribution < 1.29 is 4.79 Å². The molecule has 1 amide bonds. The van der Waals surface area contributed by atoms with E-state index in [0.717, 1.165) is 12.2 Å². The Hall–Kier alpha value is -0.750. The summed E-state index contributed by atoms with van der Waals surface area (Å²) in [5.74, 6) is 0.766. The van der Waals surface area contributed by atoms with Crippen molar-refractivity contribution >= 4 is 29.1 Å². The number of fused-ring (bicyclic) bond motifs is 3. The van der Waals surface area contributed by atoms with Crippen LogP contribution >= 0.6 is 23.2 Å². The molecule has 7 heteroatoms. The van der Waals surface area contributed by atoms with Gasteiger partial charge in [0.05, 0.1) is 16.6 Å². The first-order valence-corrected chi connectivity index (χ1v) is 9.16. The summed E-state index contributed by atoms with van der Waals surface area (Å²) in [5.41, 5.74) is 4.17. The number of nitrogens with zero attached hydrogens (tertiary/aromatic N) is 2. The highest BCUT2D eigenvalue weighted by Gasteiger charge is 2.37. The van der Waals surface area contributed by atoms with Crippen LogP contribution in [-0.4, -0.2) is 54.6 Å². The predicted molar refractivity (Wildman–Crippen MR) is 90.7 cm³/mol. The van der Waals surface area contributed by atoms with Crippen molar-refractivity contribution in [1.29, 1.82) is 0 Å². The number of allylic oxidation sites excluding steroid dienone is 3. The van der Waals surface area contributed by atoms with Gasteiger partial charge >= 0.3 is 0 Å². The van der Waals surface area contributed by atoms with Gasteiger partial charge in [-0.25, -0.2) is 5.43 Å². The molecule has 4 fully saturated rings. The normalized spacial score (nSPS) is 36.6. The maximum absolute atomic E-state index is 12.6. The van der Waals surface area contributed by atoms with E-state index in [1.807, 2.05) is 11.1 Å². The molecule has 23 heavy (non-hydrogen) atoms. The van der Waals surface area contributed by atoms with Crippen LogP contribution in [0.15, 0.2) is 21.8 Å². The summed E-state index contributed by atoms with van der Waals surface area (Å²) in [7, 11) is 0. The number of hydrazine groups is 1. The Morgan fingerprint density at radius 1 is 1.26 bits per heavy atom. The van der Waals surface area contributed by atoms with Gasteiger partial charge in [-0.1, -0.05) is 29.3 Å². The quantitative estimate of drug-likeness (QED) is 0.806. The average Bonchev–Trinajstić information content (AvgIpc) is 3.17. The number of hydrogen-bond donors (Lipinski definition) is 2. The third-order valence-electron chi connectivity index (χ3n) is 5.51. The second kappa shape index (κ2) is 6.28. The van der Waals surface area contributed by atoms with E-state index < -0.39 is 0 Å². The molecule has 5 rings (SSSR count). The number of amides is 1. The second-order valence-corrected chi connectivity index (χ2v) is 7.77. The van der Waals surface area contributed by atoms with Gasteiger partial charge in [-0.05, 0) is 31.8 Å². The van der Waals surface area contributed by atoms with Gasteiger partial charge in [0.2, 0.25) is 5.91 Å². The predicted octanol–water partition coefficient (Wildman–Crippen LogP) is 1.61. The molecule has 0 spiro atoms. The Morgan fingerprint density at radius 3 is 2.65 bits per heavy atom. The van der Waals surface area contributed by atoms with Gasteiger partial charge in [0, 0.05) is 37.1 Å². The molecule has 5 nitrogen and oxygen atoms in total. The lowest BCUT2D eigenvalue weighted by Crippen LogP contribution is -2.58. The summed E-state index contributed by atoms with van der Waals surface area (Å²) < 4.78 is 0. The van der Waals surface area contributed by atoms with E-state index in [4.69, 9.17) is 23.2 Å². The number of carbonyl (C=O) groups is 1. The van der Waals surface area contributed by atoms with Crippen molar-refractivity contribution in [3.8, 4) is 0 Å². The molecular weight excluding hydrogens is 335 g/mol. The smallest absolute Gasteiger partial charge is 0.226 e. The fraction of sp³-hybridized carbons (Fsp3) is 0.688. The summed E-state index contributed by atoms with van der Waals surface area (Å²) in [4.78, 5) is 15.1. The summed E-state index contributed by atoms with van der Waals surface area (Å²) >= 11 is 12.3. The number of nitrogens with one attached hydrogen (secondary N) is 2. The minimum Gasteiger partial charge on any atom is -0.351 e. The van der Waals surface area contributed by atoms with E-state index in [2.05, 4.69) is 15.6 Å². The number of hydrogen-bond acceptors (Lipinski definition) is 4. The topological polar surface area (TPSA) is 47.6 Å². The monoisotopic (exact) mass is 356 g/mol. The average molecular weight is 357 g/mol. The molecule has 2 N–H and O–H groups in total. The summed E-state index contributed by atoms with van der Waals surface area (Å²) in [6.45, 7) is 4.67. The standard InChI is InChI=1S/C16H22Cl2N4O/c17-12-1-2-14(15(12)18)22-8-11(7-19-22)16(23)20-13-9-21-5-3-10(13)4-6-21/h2,10-11,13,19H,1,3-9H2,(H,20,23). The minimum absolute atomic E-state index is 0.0461. The molecular formula is C16H22Cl2N4O. The van der Waals surface area contributed by atoms with E-state index in [1.54, 1.807) is 0 Å². The van der Waals surface area contributed by atoms with E-state index in [9.17, 15) is 4.79 Å². The van der Waals surface area contributed by atoms with Gasteiger partial charge in [-0.3, -0.25) is 4.79 Å². The van der Waals surface area contributed by atoms with Crippen LogP contribution in [0.1, 0.15) is 19.3 Å². The van der Waals surface area contributed by atoms with Gasteiger partial charge in [-0.2, -0.15) is 0 Å². The molecule has 0 aromatic carbocycles. The van der Waals surface area contributed by atoms with Gasteiger partial charge in [-0.15, -0.1) is 0 Å². The second-order valence-electron chi connectivity index (χ2n) is 6.94. The Kier molecular flexibility index (Phi) is 4.30. The molecule has 4 saturated heterocycles. The van der Waals surface area contributed by atoms with Crippen molar-refractivity contribution in [3.63, 3.8) is 0 Å². The van der Waals surface area contributed by atoms with Crippen molar-refractivity contribution in [2.24, 2.45) is 11.8 Å². The Balaban J connectivity index is 1.34. The maximum atomic E-state index is 12.6. The molecule has 4 aliphatic heterocycles. The molecule has 0 aromatic rings. The third kappa shape index (κ3) is 3.00. The molecule has 2 bridgehead atoms. The largest absolute Gasteiger partial charge is 0.351 e. The highest BCUT2D eigenvalue weighted by molar-refractivity contribution is 6.41. The fourth-order valence-electron chi connectivity index (χ4n) is 4.09. The number of piperidine rings is 3. The van der Waals surface area contributed by atoms with E-state index >= 15 is 0 Å². The maximum Gasteiger partial charge on any atom is 0.226 e. The Morgan fingerprint density at radius 2 is 2.04 bits per heavy atom. The van der Waals surface area contributed by atoms with Crippen LogP contribution in [0.2, 0.25) is 0 Å². The van der Waals surface area contributed by atoms with Crippen LogP contribution in [-0.2, 0) is 4.79 Å². The molecule has 0 radical (unpaired) electrons. The van der Waals surface area contributed by atoms with Crippen LogP contribution in [0.3, 0.4) is 0 Å².